The molecule has 0 atom stereocenters. The van der Waals surface area contributed by atoms with Gasteiger partial charge in [-0.1, -0.05) is 36.4 Å². The Morgan fingerprint density at radius 3 is 2.52 bits per heavy atom. The van der Waals surface area contributed by atoms with Gasteiger partial charge >= 0.3 is 0 Å². The molecular formula is C20H17N3. The number of nitrogens with zero attached hydrogens (tertiary/aromatic N) is 1. The lowest BCUT2D eigenvalue weighted by atomic mass is 10.1. The number of nitrogens with one attached hydrogen (secondary N) is 1. The van der Waals surface area contributed by atoms with E-state index in [4.69, 9.17) is 11.1 Å². The summed E-state index contributed by atoms with van der Waals surface area (Å²) < 4.78 is 2.23. The van der Waals surface area contributed by atoms with Crippen LogP contribution in [-0.4, -0.2) is 10.4 Å². The zero-order chi connectivity index (χ0) is 15.8. The number of rotatable bonds is 3. The van der Waals surface area contributed by atoms with Gasteiger partial charge in [0.25, 0.3) is 0 Å². The van der Waals surface area contributed by atoms with E-state index in [2.05, 4.69) is 59.3 Å². The van der Waals surface area contributed by atoms with Gasteiger partial charge in [0.05, 0.1) is 0 Å². The summed E-state index contributed by atoms with van der Waals surface area (Å²) in [6.07, 6.45) is 2.09. The van der Waals surface area contributed by atoms with Crippen LogP contribution in [0.4, 0.5) is 0 Å². The van der Waals surface area contributed by atoms with Crippen molar-refractivity contribution in [3.05, 3.63) is 84.1 Å². The van der Waals surface area contributed by atoms with Crippen molar-refractivity contribution in [1.29, 1.82) is 5.41 Å². The fourth-order valence-electron chi connectivity index (χ4n) is 3.04. The first-order valence-electron chi connectivity index (χ1n) is 7.62. The van der Waals surface area contributed by atoms with Crippen LogP contribution in [0.2, 0.25) is 0 Å². The van der Waals surface area contributed by atoms with Crippen LogP contribution >= 0.6 is 0 Å². The topological polar surface area (TPSA) is 54.8 Å². The van der Waals surface area contributed by atoms with Crippen molar-refractivity contribution in [2.24, 2.45) is 5.73 Å². The minimum Gasteiger partial charge on any atom is -0.384 e. The normalized spacial score (nSPS) is 11.1. The van der Waals surface area contributed by atoms with Gasteiger partial charge in [0.2, 0.25) is 0 Å². The van der Waals surface area contributed by atoms with Crippen LogP contribution in [0, 0.1) is 5.41 Å². The van der Waals surface area contributed by atoms with Crippen LogP contribution in [0.25, 0.3) is 21.7 Å². The molecule has 0 saturated heterocycles. The number of hydrogen-bond acceptors (Lipinski definition) is 1. The Labute approximate surface area is 134 Å². The van der Waals surface area contributed by atoms with E-state index in [9.17, 15) is 0 Å². The lowest BCUT2D eigenvalue weighted by Crippen LogP contribution is -2.10. The Morgan fingerprint density at radius 1 is 0.870 bits per heavy atom. The van der Waals surface area contributed by atoms with Crippen molar-refractivity contribution in [3.63, 3.8) is 0 Å². The zero-order valence-corrected chi connectivity index (χ0v) is 12.7. The summed E-state index contributed by atoms with van der Waals surface area (Å²) in [5, 5.41) is 11.2. The third kappa shape index (κ3) is 2.46. The molecule has 0 amide bonds. The third-order valence-electron chi connectivity index (χ3n) is 4.25. The first-order valence-corrected chi connectivity index (χ1v) is 7.62. The number of nitrogens with two attached hydrogens (primary N) is 1. The highest BCUT2D eigenvalue weighted by Crippen LogP contribution is 2.21. The Hall–Kier alpha value is -3.07. The molecule has 112 valence electrons. The van der Waals surface area contributed by atoms with Gasteiger partial charge in [-0.2, -0.15) is 0 Å². The monoisotopic (exact) mass is 299 g/mol. The molecule has 0 aliphatic rings. The van der Waals surface area contributed by atoms with E-state index in [0.29, 0.717) is 0 Å². The lowest BCUT2D eigenvalue weighted by molar-refractivity contribution is 0.838. The average Bonchev–Trinajstić information content (AvgIpc) is 2.97. The van der Waals surface area contributed by atoms with Gasteiger partial charge in [-0.05, 0) is 46.7 Å². The van der Waals surface area contributed by atoms with Crippen molar-refractivity contribution in [1.82, 2.24) is 4.57 Å². The molecule has 3 heteroatoms. The van der Waals surface area contributed by atoms with Gasteiger partial charge in [-0.3, -0.25) is 5.41 Å². The van der Waals surface area contributed by atoms with Crippen LogP contribution in [0.5, 0.6) is 0 Å². The predicted molar refractivity (Wildman–Crippen MR) is 96.0 cm³/mol. The number of aromatic nitrogens is 1. The molecule has 0 fully saturated rings. The van der Waals surface area contributed by atoms with Crippen molar-refractivity contribution >= 4 is 27.5 Å². The Kier molecular flexibility index (Phi) is 3.12. The van der Waals surface area contributed by atoms with Gasteiger partial charge in [-0.15, -0.1) is 0 Å². The van der Waals surface area contributed by atoms with Crippen molar-refractivity contribution in [2.45, 2.75) is 6.54 Å². The third-order valence-corrected chi connectivity index (χ3v) is 4.25. The SMILES string of the molecule is N=C(N)c1ccc2c(ccn2Cc2ccc3ccccc3c2)c1. The number of hydrogen-bond donors (Lipinski definition) is 2. The van der Waals surface area contributed by atoms with Gasteiger partial charge in [-0.25, -0.2) is 0 Å². The first-order chi connectivity index (χ1) is 11.2. The molecule has 4 rings (SSSR count). The van der Waals surface area contributed by atoms with Crippen LogP contribution in [-0.2, 0) is 6.54 Å². The highest BCUT2D eigenvalue weighted by Gasteiger charge is 2.05. The highest BCUT2D eigenvalue weighted by molar-refractivity contribution is 5.98. The molecule has 3 nitrogen and oxygen atoms in total. The highest BCUT2D eigenvalue weighted by atomic mass is 14.9. The molecule has 0 saturated carbocycles. The lowest BCUT2D eigenvalue weighted by Gasteiger charge is -2.08. The summed E-state index contributed by atoms with van der Waals surface area (Å²) in [6, 6.07) is 23.0. The standard InChI is InChI=1S/C20H17N3/c21-20(22)18-7-8-19-17(12-18)9-10-23(19)13-14-5-6-15-3-1-2-4-16(15)11-14/h1-12H,13H2,(H3,21,22). The molecule has 0 radical (unpaired) electrons. The second-order valence-electron chi connectivity index (χ2n) is 5.81. The maximum absolute atomic E-state index is 7.54. The summed E-state index contributed by atoms with van der Waals surface area (Å²) in [5.41, 5.74) is 8.76. The zero-order valence-electron chi connectivity index (χ0n) is 12.7. The minimum atomic E-state index is 0.106. The van der Waals surface area contributed by atoms with E-state index >= 15 is 0 Å². The van der Waals surface area contributed by atoms with Crippen LogP contribution in [0.3, 0.4) is 0 Å². The number of amidine groups is 1. The van der Waals surface area contributed by atoms with Gasteiger partial charge in [0, 0.05) is 29.2 Å². The van der Waals surface area contributed by atoms with Gasteiger partial charge in [0.15, 0.2) is 0 Å². The largest absolute Gasteiger partial charge is 0.384 e. The Morgan fingerprint density at radius 2 is 1.70 bits per heavy atom. The molecule has 0 unspecified atom stereocenters. The molecule has 3 aromatic carbocycles. The van der Waals surface area contributed by atoms with E-state index in [1.165, 1.54) is 16.3 Å². The van der Waals surface area contributed by atoms with Crippen LogP contribution < -0.4 is 5.73 Å². The molecule has 3 N–H and O–H groups in total. The van der Waals surface area contributed by atoms with Crippen molar-refractivity contribution < 1.29 is 0 Å². The second kappa shape index (κ2) is 5.29. The second-order valence-corrected chi connectivity index (χ2v) is 5.81. The average molecular weight is 299 g/mol. The minimum absolute atomic E-state index is 0.106. The maximum atomic E-state index is 7.54. The quantitative estimate of drug-likeness (QED) is 0.434. The molecule has 0 bridgehead atoms. The number of fused-ring (bicyclic) bond motifs is 2. The molecule has 0 aliphatic carbocycles. The Bertz CT molecular complexity index is 1030. The number of benzene rings is 3. The summed E-state index contributed by atoms with van der Waals surface area (Å²) >= 11 is 0. The van der Waals surface area contributed by atoms with Crippen molar-refractivity contribution in [3.8, 4) is 0 Å². The van der Waals surface area contributed by atoms with Gasteiger partial charge in [0.1, 0.15) is 5.84 Å². The molecule has 4 aromatic rings. The molecule has 1 aromatic heterocycles. The van der Waals surface area contributed by atoms with E-state index in [0.717, 1.165) is 23.0 Å². The summed E-state index contributed by atoms with van der Waals surface area (Å²) in [5.74, 6) is 0.106. The molecule has 0 spiro atoms. The van der Waals surface area contributed by atoms with Crippen LogP contribution in [0.1, 0.15) is 11.1 Å². The predicted octanol–water partition coefficient (Wildman–Crippen LogP) is 4.13. The first kappa shape index (κ1) is 13.6. The fraction of sp³-hybridized carbons (Fsp3) is 0.0500. The molecular weight excluding hydrogens is 282 g/mol. The van der Waals surface area contributed by atoms with Gasteiger partial charge < -0.3 is 10.3 Å². The fourth-order valence-corrected chi connectivity index (χ4v) is 3.04. The smallest absolute Gasteiger partial charge is 0.122 e. The van der Waals surface area contributed by atoms with Crippen molar-refractivity contribution in [2.75, 3.05) is 0 Å². The number of nitrogen functional groups attached to an aromatic ring is 1. The maximum Gasteiger partial charge on any atom is 0.122 e. The summed E-state index contributed by atoms with van der Waals surface area (Å²) in [4.78, 5) is 0. The van der Waals surface area contributed by atoms with Crippen LogP contribution in [0.15, 0.2) is 72.9 Å². The van der Waals surface area contributed by atoms with E-state index < -0.39 is 0 Å². The Balaban J connectivity index is 1.72. The van der Waals surface area contributed by atoms with E-state index in [1.807, 2.05) is 18.2 Å². The summed E-state index contributed by atoms with van der Waals surface area (Å²) in [6.45, 7) is 0.827. The molecule has 0 aliphatic heterocycles. The summed E-state index contributed by atoms with van der Waals surface area (Å²) in [7, 11) is 0. The molecule has 23 heavy (non-hydrogen) atoms. The van der Waals surface area contributed by atoms with E-state index in [-0.39, 0.29) is 5.84 Å². The molecule has 1 heterocycles. The van der Waals surface area contributed by atoms with E-state index in [1.54, 1.807) is 0 Å².